The zero-order valence-electron chi connectivity index (χ0n) is 12.1. The van der Waals surface area contributed by atoms with Crippen LogP contribution in [0, 0.1) is 5.92 Å². The lowest BCUT2D eigenvalue weighted by Crippen LogP contribution is -2.26. The first-order valence-corrected chi connectivity index (χ1v) is 6.98. The van der Waals surface area contributed by atoms with Gasteiger partial charge in [0.25, 0.3) is 5.91 Å². The molecular formula is C14H24N4O. The highest BCUT2D eigenvalue weighted by atomic mass is 16.1. The Morgan fingerprint density at radius 2 is 2.16 bits per heavy atom. The Morgan fingerprint density at radius 1 is 1.37 bits per heavy atom. The molecule has 0 bridgehead atoms. The van der Waals surface area contributed by atoms with Crippen LogP contribution in [0.2, 0.25) is 0 Å². The zero-order chi connectivity index (χ0) is 14.1. The van der Waals surface area contributed by atoms with Gasteiger partial charge in [0.1, 0.15) is 5.69 Å². The lowest BCUT2D eigenvalue weighted by Gasteiger charge is -2.08. The average Bonchev–Trinajstić information content (AvgIpc) is 2.39. The molecule has 1 rings (SSSR count). The minimum absolute atomic E-state index is 0.137. The van der Waals surface area contributed by atoms with E-state index in [1.807, 2.05) is 0 Å². The van der Waals surface area contributed by atoms with Crippen molar-refractivity contribution in [3.05, 3.63) is 18.0 Å². The van der Waals surface area contributed by atoms with Crippen LogP contribution in [0.3, 0.4) is 0 Å². The molecule has 5 nitrogen and oxygen atoms in total. The summed E-state index contributed by atoms with van der Waals surface area (Å²) in [4.78, 5) is 20.2. The molecule has 1 heterocycles. The Balaban J connectivity index is 2.48. The smallest absolute Gasteiger partial charge is 0.270 e. The van der Waals surface area contributed by atoms with Crippen molar-refractivity contribution < 1.29 is 4.79 Å². The number of rotatable bonds is 8. The molecular weight excluding hydrogens is 240 g/mol. The van der Waals surface area contributed by atoms with Crippen molar-refractivity contribution in [1.29, 1.82) is 0 Å². The first-order valence-electron chi connectivity index (χ1n) is 6.98. The maximum absolute atomic E-state index is 11.9. The van der Waals surface area contributed by atoms with E-state index in [9.17, 15) is 4.79 Å². The fraction of sp³-hybridized carbons (Fsp3) is 0.643. The molecule has 0 unspecified atom stereocenters. The Kier molecular flexibility index (Phi) is 6.85. The monoisotopic (exact) mass is 264 g/mol. The van der Waals surface area contributed by atoms with Gasteiger partial charge in [-0.3, -0.25) is 4.79 Å². The van der Waals surface area contributed by atoms with Crippen molar-refractivity contribution in [2.24, 2.45) is 5.92 Å². The predicted molar refractivity (Wildman–Crippen MR) is 77.2 cm³/mol. The summed E-state index contributed by atoms with van der Waals surface area (Å²) in [5, 5.41) is 5.98. The summed E-state index contributed by atoms with van der Waals surface area (Å²) in [6, 6.07) is 1.63. The second kappa shape index (κ2) is 8.45. The minimum Gasteiger partial charge on any atom is -0.354 e. The number of amides is 1. The summed E-state index contributed by atoms with van der Waals surface area (Å²) in [6.45, 7) is 7.90. The number of unbranched alkanes of at least 4 members (excludes halogenated alkanes) is 1. The van der Waals surface area contributed by atoms with Crippen molar-refractivity contribution in [3.63, 3.8) is 0 Å². The molecule has 0 aliphatic rings. The van der Waals surface area contributed by atoms with Crippen LogP contribution in [-0.2, 0) is 0 Å². The third-order valence-corrected chi connectivity index (χ3v) is 2.71. The third-order valence-electron chi connectivity index (χ3n) is 2.71. The van der Waals surface area contributed by atoms with Crippen molar-refractivity contribution in [3.8, 4) is 0 Å². The molecule has 0 aromatic carbocycles. The van der Waals surface area contributed by atoms with E-state index in [4.69, 9.17) is 0 Å². The van der Waals surface area contributed by atoms with Gasteiger partial charge in [0.15, 0.2) is 0 Å². The van der Waals surface area contributed by atoms with Crippen LogP contribution in [-0.4, -0.2) is 29.0 Å². The van der Waals surface area contributed by atoms with E-state index in [1.54, 1.807) is 12.3 Å². The first-order chi connectivity index (χ1) is 9.13. The number of nitrogens with zero attached hydrogens (tertiary/aromatic N) is 2. The van der Waals surface area contributed by atoms with Gasteiger partial charge in [-0.25, -0.2) is 9.97 Å². The fourth-order valence-electron chi connectivity index (χ4n) is 1.51. The van der Waals surface area contributed by atoms with Crippen molar-refractivity contribution in [2.45, 2.75) is 40.0 Å². The third kappa shape index (κ3) is 6.18. The predicted octanol–water partition coefficient (Wildman–Crippen LogP) is 2.46. The molecule has 1 aromatic heterocycles. The topological polar surface area (TPSA) is 66.9 Å². The summed E-state index contributed by atoms with van der Waals surface area (Å²) >= 11 is 0. The van der Waals surface area contributed by atoms with Crippen LogP contribution in [0.25, 0.3) is 0 Å². The van der Waals surface area contributed by atoms with E-state index >= 15 is 0 Å². The van der Waals surface area contributed by atoms with E-state index in [0.29, 0.717) is 24.1 Å². The Morgan fingerprint density at radius 3 is 2.84 bits per heavy atom. The van der Waals surface area contributed by atoms with Crippen LogP contribution >= 0.6 is 0 Å². The van der Waals surface area contributed by atoms with Gasteiger partial charge in [-0.05, 0) is 24.8 Å². The highest BCUT2D eigenvalue weighted by Gasteiger charge is 2.08. The number of carbonyl (C=O) groups excluding carboxylic acids is 1. The molecule has 1 aromatic rings. The maximum atomic E-state index is 11.9. The Labute approximate surface area is 115 Å². The lowest BCUT2D eigenvalue weighted by molar-refractivity contribution is 0.0947. The number of hydrogen-bond acceptors (Lipinski definition) is 4. The van der Waals surface area contributed by atoms with Gasteiger partial charge in [0.2, 0.25) is 5.95 Å². The molecule has 0 aliphatic heterocycles. The molecule has 0 saturated carbocycles. The molecule has 0 aliphatic carbocycles. The van der Waals surface area contributed by atoms with Gasteiger partial charge in [0.05, 0.1) is 0 Å². The molecule has 1 amide bonds. The van der Waals surface area contributed by atoms with Crippen LogP contribution < -0.4 is 10.6 Å². The molecule has 19 heavy (non-hydrogen) atoms. The van der Waals surface area contributed by atoms with Crippen molar-refractivity contribution in [2.75, 3.05) is 18.4 Å². The normalized spacial score (nSPS) is 10.5. The minimum atomic E-state index is -0.137. The SMILES string of the molecule is CCCCNc1nccc(C(=O)NCCC(C)C)n1. The van der Waals surface area contributed by atoms with Crippen LogP contribution in [0.15, 0.2) is 12.3 Å². The van der Waals surface area contributed by atoms with Gasteiger partial charge in [-0.1, -0.05) is 27.2 Å². The Bertz CT molecular complexity index is 393. The van der Waals surface area contributed by atoms with Gasteiger partial charge in [-0.15, -0.1) is 0 Å². The summed E-state index contributed by atoms with van der Waals surface area (Å²) in [7, 11) is 0. The van der Waals surface area contributed by atoms with Crippen LogP contribution in [0.1, 0.15) is 50.5 Å². The lowest BCUT2D eigenvalue weighted by atomic mass is 10.1. The van der Waals surface area contributed by atoms with E-state index in [-0.39, 0.29) is 5.91 Å². The number of nitrogens with one attached hydrogen (secondary N) is 2. The molecule has 2 N–H and O–H groups in total. The van der Waals surface area contributed by atoms with Crippen LogP contribution in [0.5, 0.6) is 0 Å². The van der Waals surface area contributed by atoms with Gasteiger partial charge in [-0.2, -0.15) is 0 Å². The second-order valence-electron chi connectivity index (χ2n) is 4.98. The quantitative estimate of drug-likeness (QED) is 0.708. The highest BCUT2D eigenvalue weighted by molar-refractivity contribution is 5.92. The molecule has 0 saturated heterocycles. The molecule has 0 spiro atoms. The van der Waals surface area contributed by atoms with Crippen LogP contribution in [0.4, 0.5) is 5.95 Å². The number of carbonyl (C=O) groups is 1. The number of hydrogen-bond donors (Lipinski definition) is 2. The first kappa shape index (κ1) is 15.4. The largest absolute Gasteiger partial charge is 0.354 e. The molecule has 0 fully saturated rings. The molecule has 5 heteroatoms. The van der Waals surface area contributed by atoms with Crippen molar-refractivity contribution in [1.82, 2.24) is 15.3 Å². The van der Waals surface area contributed by atoms with E-state index < -0.39 is 0 Å². The van der Waals surface area contributed by atoms with Gasteiger partial charge in [0, 0.05) is 19.3 Å². The maximum Gasteiger partial charge on any atom is 0.270 e. The zero-order valence-corrected chi connectivity index (χ0v) is 12.1. The van der Waals surface area contributed by atoms with E-state index in [2.05, 4.69) is 41.4 Å². The van der Waals surface area contributed by atoms with Gasteiger partial charge >= 0.3 is 0 Å². The highest BCUT2D eigenvalue weighted by Crippen LogP contribution is 2.02. The summed E-state index contributed by atoms with van der Waals surface area (Å²) < 4.78 is 0. The molecule has 106 valence electrons. The van der Waals surface area contributed by atoms with Gasteiger partial charge < -0.3 is 10.6 Å². The van der Waals surface area contributed by atoms with E-state index in [0.717, 1.165) is 25.8 Å². The second-order valence-corrected chi connectivity index (χ2v) is 4.98. The number of aromatic nitrogens is 2. The average molecular weight is 264 g/mol. The summed E-state index contributed by atoms with van der Waals surface area (Å²) in [5.74, 6) is 0.962. The number of anilines is 1. The molecule has 0 radical (unpaired) electrons. The Hall–Kier alpha value is -1.65. The van der Waals surface area contributed by atoms with E-state index in [1.165, 1.54) is 0 Å². The molecule has 0 atom stereocenters. The fourth-order valence-corrected chi connectivity index (χ4v) is 1.51. The van der Waals surface area contributed by atoms with Crippen molar-refractivity contribution >= 4 is 11.9 Å². The standard InChI is InChI=1S/C14H24N4O/c1-4-5-8-16-14-17-10-7-12(18-14)13(19)15-9-6-11(2)3/h7,10-11H,4-6,8-9H2,1-3H3,(H,15,19)(H,16,17,18). The summed E-state index contributed by atoms with van der Waals surface area (Å²) in [5.41, 5.74) is 0.415. The summed E-state index contributed by atoms with van der Waals surface area (Å²) in [6.07, 6.45) is 4.76.